The van der Waals surface area contributed by atoms with Gasteiger partial charge in [0, 0.05) is 40.1 Å². The summed E-state index contributed by atoms with van der Waals surface area (Å²) in [5.41, 5.74) is 1.29. The number of benzene rings is 1. The number of anilines is 1. The molecule has 0 aliphatic rings. The van der Waals surface area contributed by atoms with Gasteiger partial charge >= 0.3 is 0 Å². The molecule has 2 heterocycles. The van der Waals surface area contributed by atoms with Gasteiger partial charge in [-0.05, 0) is 54.0 Å². The quantitative estimate of drug-likeness (QED) is 0.355. The molecule has 5 heteroatoms. The highest BCUT2D eigenvalue weighted by Crippen LogP contribution is 2.37. The van der Waals surface area contributed by atoms with Crippen LogP contribution in [-0.4, -0.2) is 20.1 Å². The van der Waals surface area contributed by atoms with E-state index in [0.717, 1.165) is 30.8 Å². The van der Waals surface area contributed by atoms with Gasteiger partial charge in [-0.1, -0.05) is 20.4 Å². The molecule has 1 aromatic carbocycles. The van der Waals surface area contributed by atoms with Crippen LogP contribution in [-0.2, 0) is 0 Å². The molecule has 0 aliphatic heterocycles. The minimum absolute atomic E-state index is 0.597. The van der Waals surface area contributed by atoms with E-state index < -0.39 is 0 Å². The van der Waals surface area contributed by atoms with Gasteiger partial charge in [0.2, 0.25) is 0 Å². The Balaban J connectivity index is 1.92. The molecule has 0 saturated heterocycles. The van der Waals surface area contributed by atoms with Crippen molar-refractivity contribution in [3.63, 3.8) is 0 Å². The molecule has 2 aromatic heterocycles. The molecule has 0 aliphatic carbocycles. The molecule has 1 N–H and O–H groups in total. The van der Waals surface area contributed by atoms with Gasteiger partial charge in [-0.15, -0.1) is 22.7 Å². The Kier molecular flexibility index (Phi) is 6.20. The number of fused-ring (bicyclic) bond motifs is 2. The molecular weight excluding hydrogens is 370 g/mol. The second-order valence-electron chi connectivity index (χ2n) is 6.66. The Hall–Kier alpha value is -2.29. The predicted octanol–water partition coefficient (Wildman–Crippen LogP) is 6.38. The van der Waals surface area contributed by atoms with Crippen molar-refractivity contribution in [2.45, 2.75) is 26.7 Å². The summed E-state index contributed by atoms with van der Waals surface area (Å²) < 4.78 is 2.56. The van der Waals surface area contributed by atoms with Crippen molar-refractivity contribution < 1.29 is 0 Å². The first kappa shape index (κ1) is 19.5. The normalized spacial score (nSPS) is 11.7. The number of hydrogen-bond donors (Lipinski definition) is 1. The van der Waals surface area contributed by atoms with Crippen LogP contribution in [0, 0.1) is 11.3 Å². The van der Waals surface area contributed by atoms with Crippen LogP contribution in [0.2, 0.25) is 0 Å². The molecule has 0 unspecified atom stereocenters. The Morgan fingerprint density at radius 1 is 1.15 bits per heavy atom. The topological polar surface area (TPSA) is 39.1 Å². The smallest absolute Gasteiger partial charge is 0.101 e. The fourth-order valence-electron chi connectivity index (χ4n) is 2.98. The third kappa shape index (κ3) is 4.35. The van der Waals surface area contributed by atoms with Crippen molar-refractivity contribution in [3.05, 3.63) is 47.0 Å². The maximum absolute atomic E-state index is 9.46. The van der Waals surface area contributed by atoms with Crippen molar-refractivity contribution in [2.24, 2.45) is 0 Å². The Labute approximate surface area is 169 Å². The van der Waals surface area contributed by atoms with Gasteiger partial charge in [-0.25, -0.2) is 0 Å². The summed E-state index contributed by atoms with van der Waals surface area (Å²) in [6.45, 7) is 10.2. The summed E-state index contributed by atoms with van der Waals surface area (Å²) in [7, 11) is 2.16. The molecule has 0 fully saturated rings. The largest absolute Gasteiger partial charge is 0.384 e. The molecule has 0 atom stereocenters. The van der Waals surface area contributed by atoms with Gasteiger partial charge in [0.25, 0.3) is 0 Å². The zero-order valence-electron chi connectivity index (χ0n) is 16.1. The lowest BCUT2D eigenvalue weighted by Gasteiger charge is -2.14. The van der Waals surface area contributed by atoms with Gasteiger partial charge in [0.15, 0.2) is 0 Å². The number of nitrogens with one attached hydrogen (secondary N) is 1. The number of nitrogens with zero attached hydrogens (tertiary/aromatic N) is 2. The van der Waals surface area contributed by atoms with Gasteiger partial charge in [-0.3, -0.25) is 0 Å². The number of hydrogen-bond acceptors (Lipinski definition) is 5. The average molecular weight is 396 g/mol. The zero-order valence-corrected chi connectivity index (χ0v) is 17.8. The Bertz CT molecular complexity index is 982. The first-order valence-electron chi connectivity index (χ1n) is 9.29. The molecule has 0 bridgehead atoms. The number of rotatable bonds is 8. The van der Waals surface area contributed by atoms with Crippen LogP contribution < -0.4 is 10.2 Å². The summed E-state index contributed by atoms with van der Waals surface area (Å²) in [6, 6.07) is 11.2. The molecule has 27 heavy (non-hydrogen) atoms. The molecule has 140 valence electrons. The zero-order chi connectivity index (χ0) is 19.4. The molecule has 3 aromatic rings. The van der Waals surface area contributed by atoms with E-state index in [2.05, 4.69) is 68.0 Å². The molecule has 3 nitrogen and oxygen atoms in total. The summed E-state index contributed by atoms with van der Waals surface area (Å²) >= 11 is 3.56. The molecular formula is C22H25N3S2. The maximum Gasteiger partial charge on any atom is 0.101 e. The lowest BCUT2D eigenvalue weighted by atomic mass is 10.1. The maximum atomic E-state index is 9.46. The van der Waals surface area contributed by atoms with Crippen molar-refractivity contribution >= 4 is 53.9 Å². The van der Waals surface area contributed by atoms with Crippen molar-refractivity contribution in [3.8, 4) is 6.07 Å². The van der Waals surface area contributed by atoms with Gasteiger partial charge in [0.05, 0.1) is 10.6 Å². The summed E-state index contributed by atoms with van der Waals surface area (Å²) in [5, 5.41) is 16.5. The standard InChI is InChI=1S/C22H25N3S2/c1-5-7-24-15(3)18(14-23)10-19-9-16-11-21-17(12-20(16)26-19)13-22(27-21)25(4)8-6-2/h9-13,24H,3,5-8H2,1-2,4H3/b18-10+. The van der Waals surface area contributed by atoms with Crippen LogP contribution in [0.5, 0.6) is 0 Å². The van der Waals surface area contributed by atoms with E-state index in [4.69, 9.17) is 0 Å². The van der Waals surface area contributed by atoms with E-state index in [0.29, 0.717) is 11.3 Å². The average Bonchev–Trinajstić information content (AvgIpc) is 3.24. The van der Waals surface area contributed by atoms with Crippen LogP contribution >= 0.6 is 22.7 Å². The predicted molar refractivity (Wildman–Crippen MR) is 122 cm³/mol. The summed E-state index contributed by atoms with van der Waals surface area (Å²) in [4.78, 5) is 3.41. The highest BCUT2D eigenvalue weighted by Gasteiger charge is 2.10. The lowest BCUT2D eigenvalue weighted by molar-refractivity contribution is 0.783. The van der Waals surface area contributed by atoms with Crippen molar-refractivity contribution in [1.82, 2.24) is 5.32 Å². The van der Waals surface area contributed by atoms with Gasteiger partial charge in [-0.2, -0.15) is 5.26 Å². The van der Waals surface area contributed by atoms with E-state index in [9.17, 15) is 5.26 Å². The van der Waals surface area contributed by atoms with Crippen LogP contribution in [0.1, 0.15) is 31.6 Å². The third-order valence-electron chi connectivity index (χ3n) is 4.42. The Morgan fingerprint density at radius 3 is 2.52 bits per heavy atom. The van der Waals surface area contributed by atoms with Crippen LogP contribution in [0.3, 0.4) is 0 Å². The number of allylic oxidation sites excluding steroid dienone is 1. The monoisotopic (exact) mass is 395 g/mol. The van der Waals surface area contributed by atoms with Gasteiger partial charge < -0.3 is 10.2 Å². The van der Waals surface area contributed by atoms with E-state index >= 15 is 0 Å². The second-order valence-corrected chi connectivity index (χ2v) is 8.84. The molecule has 0 radical (unpaired) electrons. The molecule has 0 saturated carbocycles. The number of thiophene rings is 2. The third-order valence-corrected chi connectivity index (χ3v) is 6.67. The van der Waals surface area contributed by atoms with E-state index in [-0.39, 0.29) is 0 Å². The minimum Gasteiger partial charge on any atom is -0.384 e. The lowest BCUT2D eigenvalue weighted by Crippen LogP contribution is -2.15. The molecule has 3 rings (SSSR count). The fraction of sp³-hybridized carbons (Fsp3) is 0.318. The van der Waals surface area contributed by atoms with E-state index in [1.807, 2.05) is 17.4 Å². The molecule has 0 spiro atoms. The van der Waals surface area contributed by atoms with Crippen LogP contribution in [0.15, 0.2) is 42.1 Å². The molecule has 0 amide bonds. The highest BCUT2D eigenvalue weighted by molar-refractivity contribution is 7.23. The SMILES string of the molecule is C=C(NCCC)/C(C#N)=C/c1cc2cc3sc(N(C)CCC)cc3cc2s1. The van der Waals surface area contributed by atoms with E-state index in [1.54, 1.807) is 11.3 Å². The Morgan fingerprint density at radius 2 is 1.85 bits per heavy atom. The van der Waals surface area contributed by atoms with Crippen molar-refractivity contribution in [2.75, 3.05) is 25.0 Å². The second kappa shape index (κ2) is 8.60. The van der Waals surface area contributed by atoms with Crippen LogP contribution in [0.4, 0.5) is 5.00 Å². The highest BCUT2D eigenvalue weighted by atomic mass is 32.1. The summed E-state index contributed by atoms with van der Waals surface area (Å²) in [5.74, 6) is 0. The van der Waals surface area contributed by atoms with Crippen molar-refractivity contribution in [1.29, 1.82) is 5.26 Å². The van der Waals surface area contributed by atoms with E-state index in [1.165, 1.54) is 25.2 Å². The summed E-state index contributed by atoms with van der Waals surface area (Å²) in [6.07, 6.45) is 4.09. The number of nitriles is 1. The van der Waals surface area contributed by atoms with Gasteiger partial charge in [0.1, 0.15) is 6.07 Å². The fourth-order valence-corrected chi connectivity index (χ4v) is 5.10. The first-order valence-corrected chi connectivity index (χ1v) is 10.9. The van der Waals surface area contributed by atoms with Crippen LogP contribution in [0.25, 0.3) is 26.2 Å². The minimum atomic E-state index is 0.597. The first-order chi connectivity index (χ1) is 13.0.